The summed E-state index contributed by atoms with van der Waals surface area (Å²) in [5.41, 5.74) is 1.51. The molecule has 0 saturated heterocycles. The molecule has 0 spiro atoms. The molecule has 0 unspecified atom stereocenters. The van der Waals surface area contributed by atoms with Gasteiger partial charge in [0.2, 0.25) is 0 Å². The van der Waals surface area contributed by atoms with Gasteiger partial charge in [-0.05, 0) is 25.1 Å². The lowest BCUT2D eigenvalue weighted by Crippen LogP contribution is -2.22. The van der Waals surface area contributed by atoms with Gasteiger partial charge in [-0.1, -0.05) is 6.07 Å². The van der Waals surface area contributed by atoms with Crippen LogP contribution < -0.4 is 5.56 Å². The molecule has 3 heterocycles. The zero-order chi connectivity index (χ0) is 15.0. The van der Waals surface area contributed by atoms with Gasteiger partial charge >= 0.3 is 5.97 Å². The second kappa shape index (κ2) is 4.86. The van der Waals surface area contributed by atoms with Crippen molar-refractivity contribution in [1.82, 2.24) is 19.2 Å². The number of fused-ring (bicyclic) bond motifs is 1. The van der Waals surface area contributed by atoms with Gasteiger partial charge in [0.25, 0.3) is 5.56 Å². The Bertz CT molecular complexity index is 895. The molecule has 0 aliphatic rings. The van der Waals surface area contributed by atoms with Crippen molar-refractivity contribution in [1.29, 1.82) is 0 Å². The van der Waals surface area contributed by atoms with Crippen molar-refractivity contribution in [2.24, 2.45) is 0 Å². The van der Waals surface area contributed by atoms with Crippen molar-refractivity contribution in [2.75, 3.05) is 0 Å². The molecule has 0 atom stereocenters. The molecule has 3 aromatic heterocycles. The lowest BCUT2D eigenvalue weighted by atomic mass is 10.3. The molecule has 21 heavy (non-hydrogen) atoms. The minimum absolute atomic E-state index is 0.0400. The highest BCUT2D eigenvalue weighted by atomic mass is 16.4. The quantitative estimate of drug-likeness (QED) is 0.773. The summed E-state index contributed by atoms with van der Waals surface area (Å²) in [7, 11) is 0. The minimum atomic E-state index is -1.09. The number of aromatic carboxylic acids is 1. The summed E-state index contributed by atoms with van der Waals surface area (Å²) in [6.07, 6.45) is 3.29. The van der Waals surface area contributed by atoms with Crippen LogP contribution in [0.15, 0.2) is 41.5 Å². The van der Waals surface area contributed by atoms with E-state index in [0.29, 0.717) is 11.2 Å². The number of rotatable bonds is 3. The van der Waals surface area contributed by atoms with E-state index >= 15 is 0 Å². The van der Waals surface area contributed by atoms with Gasteiger partial charge in [0.15, 0.2) is 0 Å². The van der Waals surface area contributed by atoms with E-state index in [1.807, 2.05) is 6.92 Å². The van der Waals surface area contributed by atoms with Crippen LogP contribution in [0.25, 0.3) is 5.52 Å². The molecule has 106 valence electrons. The molecule has 0 fully saturated rings. The first-order valence-corrected chi connectivity index (χ1v) is 6.29. The third kappa shape index (κ3) is 2.40. The molecule has 3 aromatic rings. The normalized spacial score (nSPS) is 10.9. The van der Waals surface area contributed by atoms with Crippen LogP contribution in [0.2, 0.25) is 0 Å². The number of hydrogen-bond acceptors (Lipinski definition) is 4. The van der Waals surface area contributed by atoms with E-state index in [2.05, 4.69) is 10.1 Å². The molecule has 1 N–H and O–H groups in total. The average Bonchev–Trinajstić information content (AvgIpc) is 2.84. The molecule has 0 saturated carbocycles. The molecule has 0 aliphatic carbocycles. The Balaban J connectivity index is 2.02. The molecule has 7 nitrogen and oxygen atoms in total. The molecule has 7 heteroatoms. The summed E-state index contributed by atoms with van der Waals surface area (Å²) in [5, 5.41) is 13.1. The van der Waals surface area contributed by atoms with Crippen molar-refractivity contribution < 1.29 is 9.90 Å². The van der Waals surface area contributed by atoms with E-state index in [1.165, 1.54) is 15.1 Å². The maximum absolute atomic E-state index is 12.3. The average molecular weight is 284 g/mol. The van der Waals surface area contributed by atoms with Gasteiger partial charge in [-0.2, -0.15) is 5.10 Å². The number of aryl methyl sites for hydroxylation is 1. The minimum Gasteiger partial charge on any atom is -0.477 e. The van der Waals surface area contributed by atoms with Crippen LogP contribution in [0.4, 0.5) is 0 Å². The molecule has 0 radical (unpaired) electrons. The fourth-order valence-electron chi connectivity index (χ4n) is 2.13. The Morgan fingerprint density at radius 2 is 2.14 bits per heavy atom. The Hall–Kier alpha value is -2.96. The van der Waals surface area contributed by atoms with E-state index in [-0.39, 0.29) is 17.8 Å². The zero-order valence-corrected chi connectivity index (χ0v) is 11.2. The molecule has 0 aliphatic heterocycles. The predicted molar refractivity (Wildman–Crippen MR) is 74.5 cm³/mol. The maximum Gasteiger partial charge on any atom is 0.354 e. The highest BCUT2D eigenvalue weighted by Gasteiger charge is 2.08. The number of nitrogens with zero attached hydrogens (tertiary/aromatic N) is 4. The Labute approximate surface area is 119 Å². The molecule has 0 bridgehead atoms. The summed E-state index contributed by atoms with van der Waals surface area (Å²) in [6.45, 7) is 2.02. The Kier molecular flexibility index (Phi) is 3.02. The Morgan fingerprint density at radius 3 is 2.90 bits per heavy atom. The lowest BCUT2D eigenvalue weighted by molar-refractivity contribution is 0.0690. The lowest BCUT2D eigenvalue weighted by Gasteiger charge is -2.06. The van der Waals surface area contributed by atoms with Crippen LogP contribution in [0.5, 0.6) is 0 Å². The summed E-state index contributed by atoms with van der Waals surface area (Å²) >= 11 is 0. The van der Waals surface area contributed by atoms with E-state index in [9.17, 15) is 9.59 Å². The van der Waals surface area contributed by atoms with Crippen LogP contribution >= 0.6 is 0 Å². The molecule has 0 amide bonds. The van der Waals surface area contributed by atoms with E-state index < -0.39 is 5.97 Å². The number of pyridine rings is 1. The molecule has 3 rings (SSSR count). The highest BCUT2D eigenvalue weighted by molar-refractivity contribution is 5.85. The number of carboxylic acid groups (broad SMARTS) is 1. The van der Waals surface area contributed by atoms with Gasteiger partial charge in [-0.3, -0.25) is 4.79 Å². The second-order valence-corrected chi connectivity index (χ2v) is 4.67. The fraction of sp³-hybridized carbons (Fsp3) is 0.143. The van der Waals surface area contributed by atoms with Gasteiger partial charge in [0, 0.05) is 12.4 Å². The first kappa shape index (κ1) is 13.0. The first-order chi connectivity index (χ1) is 10.0. The zero-order valence-electron chi connectivity index (χ0n) is 11.2. The van der Waals surface area contributed by atoms with Gasteiger partial charge in [0.1, 0.15) is 11.2 Å². The van der Waals surface area contributed by atoms with Crippen LogP contribution in [0.1, 0.15) is 21.9 Å². The van der Waals surface area contributed by atoms with Crippen LogP contribution in [0.3, 0.4) is 0 Å². The predicted octanol–water partition coefficient (Wildman–Crippen LogP) is 0.946. The van der Waals surface area contributed by atoms with Gasteiger partial charge in [-0.25, -0.2) is 14.3 Å². The number of carboxylic acids is 1. The first-order valence-electron chi connectivity index (χ1n) is 6.29. The molecular weight excluding hydrogens is 272 g/mol. The Morgan fingerprint density at radius 1 is 1.33 bits per heavy atom. The number of aromatic nitrogens is 4. The van der Waals surface area contributed by atoms with Gasteiger partial charge in [0.05, 0.1) is 17.9 Å². The summed E-state index contributed by atoms with van der Waals surface area (Å²) in [4.78, 5) is 27.2. The molecule has 0 aromatic carbocycles. The van der Waals surface area contributed by atoms with Crippen LogP contribution in [-0.4, -0.2) is 30.2 Å². The van der Waals surface area contributed by atoms with E-state index in [1.54, 1.807) is 30.6 Å². The van der Waals surface area contributed by atoms with Crippen molar-refractivity contribution in [3.8, 4) is 0 Å². The van der Waals surface area contributed by atoms with E-state index in [0.717, 1.165) is 5.69 Å². The SMILES string of the molecule is Cc1cc2c(=O)n(Cc3cccc(C(=O)O)n3)ccn2n1. The fourth-order valence-corrected chi connectivity index (χ4v) is 2.13. The van der Waals surface area contributed by atoms with Gasteiger partial charge < -0.3 is 9.67 Å². The summed E-state index contributed by atoms with van der Waals surface area (Å²) < 4.78 is 3.00. The number of carbonyl (C=O) groups is 1. The van der Waals surface area contributed by atoms with Gasteiger partial charge in [-0.15, -0.1) is 0 Å². The van der Waals surface area contributed by atoms with Crippen LogP contribution in [0, 0.1) is 6.92 Å². The van der Waals surface area contributed by atoms with Crippen molar-refractivity contribution in [3.05, 3.63) is 64.1 Å². The van der Waals surface area contributed by atoms with Crippen molar-refractivity contribution in [3.63, 3.8) is 0 Å². The third-order valence-electron chi connectivity index (χ3n) is 3.08. The third-order valence-corrected chi connectivity index (χ3v) is 3.08. The second-order valence-electron chi connectivity index (χ2n) is 4.67. The van der Waals surface area contributed by atoms with E-state index in [4.69, 9.17) is 5.11 Å². The van der Waals surface area contributed by atoms with Crippen molar-refractivity contribution >= 4 is 11.5 Å². The van der Waals surface area contributed by atoms with Crippen LogP contribution in [-0.2, 0) is 6.54 Å². The summed E-state index contributed by atoms with van der Waals surface area (Å²) in [6, 6.07) is 6.42. The highest BCUT2D eigenvalue weighted by Crippen LogP contribution is 2.04. The topological polar surface area (TPSA) is 89.5 Å². The summed E-state index contributed by atoms with van der Waals surface area (Å²) in [5.74, 6) is -1.09. The number of hydrogen-bond donors (Lipinski definition) is 1. The molecular formula is C14H12N4O3. The van der Waals surface area contributed by atoms with Crippen molar-refractivity contribution in [2.45, 2.75) is 13.5 Å². The monoisotopic (exact) mass is 284 g/mol. The maximum atomic E-state index is 12.3. The largest absolute Gasteiger partial charge is 0.477 e. The smallest absolute Gasteiger partial charge is 0.354 e. The standard InChI is InChI=1S/C14H12N4O3/c1-9-7-12-13(19)17(5-6-18(12)16-9)8-10-3-2-4-11(15-10)14(20)21/h2-7H,8H2,1H3,(H,20,21).